The lowest BCUT2D eigenvalue weighted by Gasteiger charge is -2.11. The Labute approximate surface area is 147 Å². The van der Waals surface area contributed by atoms with Crippen molar-refractivity contribution in [1.29, 1.82) is 0 Å². The van der Waals surface area contributed by atoms with Gasteiger partial charge in [0.05, 0.1) is 0 Å². The quantitative estimate of drug-likeness (QED) is 0.696. The molecule has 3 aromatic rings. The lowest BCUT2D eigenvalue weighted by molar-refractivity contribution is 0.627. The fourth-order valence-corrected chi connectivity index (χ4v) is 2.69. The molecule has 0 bridgehead atoms. The van der Waals surface area contributed by atoms with Gasteiger partial charge in [0.25, 0.3) is 0 Å². The second kappa shape index (κ2) is 7.30. The number of hydrogen-bond donors (Lipinski definition) is 2. The van der Waals surface area contributed by atoms with Gasteiger partial charge in [-0.1, -0.05) is 18.2 Å². The van der Waals surface area contributed by atoms with Gasteiger partial charge in [-0.25, -0.2) is 9.37 Å². The van der Waals surface area contributed by atoms with Gasteiger partial charge in [0, 0.05) is 24.0 Å². The van der Waals surface area contributed by atoms with Crippen LogP contribution < -0.4 is 10.6 Å². The van der Waals surface area contributed by atoms with Crippen molar-refractivity contribution in [2.75, 3.05) is 10.6 Å². The van der Waals surface area contributed by atoms with Gasteiger partial charge in [-0.3, -0.25) is 0 Å². The van der Waals surface area contributed by atoms with Crippen molar-refractivity contribution in [1.82, 2.24) is 9.97 Å². The first-order valence-electron chi connectivity index (χ1n) is 8.17. The average molecular weight is 336 g/mol. The third kappa shape index (κ3) is 4.76. The van der Waals surface area contributed by atoms with Gasteiger partial charge >= 0.3 is 0 Å². The molecule has 0 unspecified atom stereocenters. The SMILES string of the molecule is Cc1cc(C)cc(Nc2cc(C)nc(NCc3ccc(F)cc3)n2)c1. The van der Waals surface area contributed by atoms with Crippen molar-refractivity contribution in [2.45, 2.75) is 27.3 Å². The molecule has 0 aliphatic rings. The van der Waals surface area contributed by atoms with Gasteiger partial charge in [-0.2, -0.15) is 4.98 Å². The molecule has 0 saturated carbocycles. The summed E-state index contributed by atoms with van der Waals surface area (Å²) in [5.41, 5.74) is 5.23. The van der Waals surface area contributed by atoms with Gasteiger partial charge in [0.15, 0.2) is 0 Å². The van der Waals surface area contributed by atoms with Crippen LogP contribution in [0.2, 0.25) is 0 Å². The Bertz CT molecular complexity index is 855. The molecule has 1 aromatic heterocycles. The minimum Gasteiger partial charge on any atom is -0.350 e. The van der Waals surface area contributed by atoms with E-state index in [9.17, 15) is 4.39 Å². The van der Waals surface area contributed by atoms with E-state index < -0.39 is 0 Å². The number of aryl methyl sites for hydroxylation is 3. The molecular weight excluding hydrogens is 315 g/mol. The van der Waals surface area contributed by atoms with Gasteiger partial charge in [-0.05, 0) is 61.7 Å². The molecule has 0 amide bonds. The van der Waals surface area contributed by atoms with E-state index in [0.29, 0.717) is 12.5 Å². The second-order valence-corrected chi connectivity index (χ2v) is 6.20. The Morgan fingerprint density at radius 1 is 0.880 bits per heavy atom. The first-order valence-corrected chi connectivity index (χ1v) is 8.17. The predicted octanol–water partition coefficient (Wildman–Crippen LogP) is 4.90. The highest BCUT2D eigenvalue weighted by molar-refractivity contribution is 5.59. The fraction of sp³-hybridized carbons (Fsp3) is 0.200. The molecule has 5 heteroatoms. The highest BCUT2D eigenvalue weighted by atomic mass is 19.1. The van der Waals surface area contributed by atoms with Crippen molar-refractivity contribution in [3.05, 3.63) is 76.7 Å². The van der Waals surface area contributed by atoms with Crippen molar-refractivity contribution in [2.24, 2.45) is 0 Å². The first kappa shape index (κ1) is 16.9. The molecule has 4 nitrogen and oxygen atoms in total. The first-order chi connectivity index (χ1) is 12.0. The van der Waals surface area contributed by atoms with Gasteiger partial charge in [0.1, 0.15) is 11.6 Å². The molecule has 2 aromatic carbocycles. The molecule has 0 saturated heterocycles. The Morgan fingerprint density at radius 2 is 1.56 bits per heavy atom. The molecule has 0 atom stereocenters. The van der Waals surface area contributed by atoms with Crippen LogP contribution in [-0.4, -0.2) is 9.97 Å². The Morgan fingerprint density at radius 3 is 2.24 bits per heavy atom. The van der Waals surface area contributed by atoms with E-state index in [-0.39, 0.29) is 5.82 Å². The van der Waals surface area contributed by atoms with E-state index in [1.54, 1.807) is 12.1 Å². The molecule has 0 radical (unpaired) electrons. The largest absolute Gasteiger partial charge is 0.350 e. The third-order valence-electron chi connectivity index (χ3n) is 3.71. The average Bonchev–Trinajstić information content (AvgIpc) is 2.53. The second-order valence-electron chi connectivity index (χ2n) is 6.20. The summed E-state index contributed by atoms with van der Waals surface area (Å²) in [6, 6.07) is 14.6. The van der Waals surface area contributed by atoms with E-state index in [2.05, 4.69) is 52.6 Å². The number of rotatable bonds is 5. The van der Waals surface area contributed by atoms with Crippen LogP contribution in [0.3, 0.4) is 0 Å². The van der Waals surface area contributed by atoms with Crippen LogP contribution in [-0.2, 0) is 6.54 Å². The molecule has 3 rings (SSSR count). The molecule has 0 fully saturated rings. The number of anilines is 3. The van der Waals surface area contributed by atoms with Crippen LogP contribution in [0.15, 0.2) is 48.5 Å². The summed E-state index contributed by atoms with van der Waals surface area (Å²) in [5, 5.41) is 6.52. The molecule has 0 aliphatic carbocycles. The van der Waals surface area contributed by atoms with E-state index in [1.165, 1.54) is 23.3 Å². The molecule has 2 N–H and O–H groups in total. The number of benzene rings is 2. The minimum absolute atomic E-state index is 0.240. The summed E-state index contributed by atoms with van der Waals surface area (Å²) >= 11 is 0. The fourth-order valence-electron chi connectivity index (χ4n) is 2.69. The van der Waals surface area contributed by atoms with Crippen molar-refractivity contribution in [3.63, 3.8) is 0 Å². The van der Waals surface area contributed by atoms with E-state index >= 15 is 0 Å². The van der Waals surface area contributed by atoms with Crippen LogP contribution in [0.5, 0.6) is 0 Å². The Balaban J connectivity index is 1.74. The van der Waals surface area contributed by atoms with Crippen LogP contribution >= 0.6 is 0 Å². The van der Waals surface area contributed by atoms with Crippen molar-refractivity contribution in [3.8, 4) is 0 Å². The highest BCUT2D eigenvalue weighted by Gasteiger charge is 2.04. The maximum atomic E-state index is 13.0. The topological polar surface area (TPSA) is 49.8 Å². The molecular formula is C20H21FN4. The summed E-state index contributed by atoms with van der Waals surface area (Å²) in [7, 11) is 0. The zero-order valence-electron chi connectivity index (χ0n) is 14.6. The van der Waals surface area contributed by atoms with Gasteiger partial charge in [-0.15, -0.1) is 0 Å². The molecule has 128 valence electrons. The maximum Gasteiger partial charge on any atom is 0.225 e. The smallest absolute Gasteiger partial charge is 0.225 e. The Kier molecular flexibility index (Phi) is 4.93. The summed E-state index contributed by atoms with van der Waals surface area (Å²) < 4.78 is 13.0. The predicted molar refractivity (Wildman–Crippen MR) is 99.7 cm³/mol. The van der Waals surface area contributed by atoms with E-state index in [1.807, 2.05) is 13.0 Å². The summed E-state index contributed by atoms with van der Waals surface area (Å²) in [6.45, 7) is 6.60. The highest BCUT2D eigenvalue weighted by Crippen LogP contribution is 2.20. The minimum atomic E-state index is -0.240. The molecule has 0 aliphatic heterocycles. The summed E-state index contributed by atoms with van der Waals surface area (Å²) in [5.74, 6) is 1.03. The van der Waals surface area contributed by atoms with Crippen LogP contribution in [0.1, 0.15) is 22.4 Å². The van der Waals surface area contributed by atoms with Crippen LogP contribution in [0.4, 0.5) is 21.8 Å². The van der Waals surface area contributed by atoms with Gasteiger partial charge < -0.3 is 10.6 Å². The number of nitrogens with one attached hydrogen (secondary N) is 2. The van der Waals surface area contributed by atoms with E-state index in [0.717, 1.165) is 22.8 Å². The number of halogens is 1. The van der Waals surface area contributed by atoms with E-state index in [4.69, 9.17) is 0 Å². The summed E-state index contributed by atoms with van der Waals surface area (Å²) in [4.78, 5) is 8.92. The lowest BCUT2D eigenvalue weighted by Crippen LogP contribution is -2.06. The number of hydrogen-bond acceptors (Lipinski definition) is 4. The Hall–Kier alpha value is -2.95. The molecule has 1 heterocycles. The van der Waals surface area contributed by atoms with Crippen molar-refractivity contribution >= 4 is 17.5 Å². The molecule has 25 heavy (non-hydrogen) atoms. The maximum absolute atomic E-state index is 13.0. The normalized spacial score (nSPS) is 10.6. The zero-order valence-corrected chi connectivity index (χ0v) is 14.6. The zero-order chi connectivity index (χ0) is 17.8. The third-order valence-corrected chi connectivity index (χ3v) is 3.71. The number of aromatic nitrogens is 2. The lowest BCUT2D eigenvalue weighted by atomic mass is 10.1. The van der Waals surface area contributed by atoms with Gasteiger partial charge in [0.2, 0.25) is 5.95 Å². The monoisotopic (exact) mass is 336 g/mol. The van der Waals surface area contributed by atoms with Crippen LogP contribution in [0.25, 0.3) is 0 Å². The standard InChI is InChI=1S/C20H21FN4/c1-13-8-14(2)10-18(9-13)24-19-11-15(3)23-20(25-19)22-12-16-4-6-17(21)7-5-16/h4-11H,12H2,1-3H3,(H2,22,23,24,25). The van der Waals surface area contributed by atoms with Crippen LogP contribution in [0, 0.1) is 26.6 Å². The number of nitrogens with zero attached hydrogens (tertiary/aromatic N) is 2. The molecule has 0 spiro atoms. The summed E-state index contributed by atoms with van der Waals surface area (Å²) in [6.07, 6.45) is 0. The van der Waals surface area contributed by atoms with Crippen molar-refractivity contribution < 1.29 is 4.39 Å².